The van der Waals surface area contributed by atoms with Crippen LogP contribution in [0, 0.1) is 0 Å². The van der Waals surface area contributed by atoms with Crippen molar-refractivity contribution in [1.29, 1.82) is 0 Å². The third-order valence-corrected chi connectivity index (χ3v) is 3.06. The molecule has 2 nitrogen and oxygen atoms in total. The van der Waals surface area contributed by atoms with E-state index in [-0.39, 0.29) is 0 Å². The van der Waals surface area contributed by atoms with Crippen molar-refractivity contribution < 1.29 is 4.74 Å². The molecule has 0 aliphatic rings. The van der Waals surface area contributed by atoms with Gasteiger partial charge in [-0.15, -0.1) is 11.3 Å². The number of hydrogen-bond acceptors (Lipinski definition) is 3. The first-order valence-electron chi connectivity index (χ1n) is 5.74. The molecule has 15 heavy (non-hydrogen) atoms. The predicted octanol–water partition coefficient (Wildman–Crippen LogP) is 2.70. The largest absolute Gasteiger partial charge is 0.381 e. The van der Waals surface area contributed by atoms with Gasteiger partial charge in [0, 0.05) is 18.1 Å². The summed E-state index contributed by atoms with van der Waals surface area (Å²) in [6.45, 7) is 6.07. The molecule has 1 rings (SSSR count). The molecule has 0 atom stereocenters. The molecule has 86 valence electrons. The van der Waals surface area contributed by atoms with E-state index in [2.05, 4.69) is 29.8 Å². The molecule has 0 aliphatic heterocycles. The van der Waals surface area contributed by atoms with Crippen LogP contribution in [0.15, 0.2) is 17.5 Å². The number of hydrogen-bond donors (Lipinski definition) is 1. The smallest absolute Gasteiger partial charge is 0.0478 e. The van der Waals surface area contributed by atoms with Crippen LogP contribution in [0.1, 0.15) is 24.6 Å². The first kappa shape index (κ1) is 12.7. The molecule has 0 radical (unpaired) electrons. The molecule has 1 aromatic heterocycles. The molecule has 0 aromatic carbocycles. The minimum atomic E-state index is 0.889. The fraction of sp³-hybridized carbons (Fsp3) is 0.667. The Labute approximate surface area is 96.7 Å². The minimum Gasteiger partial charge on any atom is -0.381 e. The Bertz CT molecular complexity index is 224. The Morgan fingerprint density at radius 2 is 2.27 bits per heavy atom. The van der Waals surface area contributed by atoms with E-state index in [0.717, 1.165) is 45.6 Å². The van der Waals surface area contributed by atoms with E-state index in [4.69, 9.17) is 4.74 Å². The molecule has 1 aromatic rings. The fourth-order valence-corrected chi connectivity index (χ4v) is 2.05. The molecule has 0 unspecified atom stereocenters. The van der Waals surface area contributed by atoms with Crippen molar-refractivity contribution in [2.45, 2.75) is 26.2 Å². The highest BCUT2D eigenvalue weighted by Gasteiger charge is 1.93. The van der Waals surface area contributed by atoms with Crippen LogP contribution in [0.3, 0.4) is 0 Å². The minimum absolute atomic E-state index is 0.889. The van der Waals surface area contributed by atoms with Crippen LogP contribution in [0.4, 0.5) is 0 Å². The molecule has 0 bridgehead atoms. The van der Waals surface area contributed by atoms with Gasteiger partial charge < -0.3 is 10.1 Å². The summed E-state index contributed by atoms with van der Waals surface area (Å²) in [6.07, 6.45) is 3.38. The maximum Gasteiger partial charge on any atom is 0.0478 e. The van der Waals surface area contributed by atoms with Gasteiger partial charge in [-0.05, 0) is 43.8 Å². The van der Waals surface area contributed by atoms with Crippen molar-refractivity contribution in [2.24, 2.45) is 0 Å². The normalized spacial score (nSPS) is 10.7. The van der Waals surface area contributed by atoms with E-state index in [1.807, 2.05) is 11.3 Å². The number of rotatable bonds is 9. The van der Waals surface area contributed by atoms with Gasteiger partial charge in [-0.3, -0.25) is 0 Å². The summed E-state index contributed by atoms with van der Waals surface area (Å²) in [6, 6.07) is 4.30. The van der Waals surface area contributed by atoms with E-state index in [1.165, 1.54) is 4.88 Å². The lowest BCUT2D eigenvalue weighted by molar-refractivity contribution is 0.132. The Kier molecular flexibility index (Phi) is 7.52. The molecule has 0 saturated carbocycles. The molecule has 0 spiro atoms. The number of ether oxygens (including phenoxy) is 1. The van der Waals surface area contributed by atoms with Crippen molar-refractivity contribution in [3.8, 4) is 0 Å². The monoisotopic (exact) mass is 227 g/mol. The van der Waals surface area contributed by atoms with Crippen LogP contribution in [0.25, 0.3) is 0 Å². The second-order valence-corrected chi connectivity index (χ2v) is 4.58. The van der Waals surface area contributed by atoms with Crippen molar-refractivity contribution >= 4 is 11.3 Å². The van der Waals surface area contributed by atoms with Gasteiger partial charge >= 0.3 is 0 Å². The Morgan fingerprint density at radius 3 is 3.00 bits per heavy atom. The molecular weight excluding hydrogens is 206 g/mol. The van der Waals surface area contributed by atoms with Crippen LogP contribution in [0.2, 0.25) is 0 Å². The summed E-state index contributed by atoms with van der Waals surface area (Å²) in [5, 5.41) is 5.56. The Hall–Kier alpha value is -0.380. The lowest BCUT2D eigenvalue weighted by Crippen LogP contribution is -2.19. The molecule has 1 N–H and O–H groups in total. The van der Waals surface area contributed by atoms with E-state index in [9.17, 15) is 0 Å². The lowest BCUT2D eigenvalue weighted by Gasteiger charge is -2.04. The third kappa shape index (κ3) is 6.66. The molecule has 0 fully saturated rings. The second-order valence-electron chi connectivity index (χ2n) is 3.55. The van der Waals surface area contributed by atoms with Gasteiger partial charge in [0.1, 0.15) is 0 Å². The molecule has 0 amide bonds. The first-order valence-corrected chi connectivity index (χ1v) is 6.62. The highest BCUT2D eigenvalue weighted by Crippen LogP contribution is 2.07. The van der Waals surface area contributed by atoms with Crippen LogP contribution in [-0.2, 0) is 11.2 Å². The highest BCUT2D eigenvalue weighted by molar-refractivity contribution is 7.09. The molecule has 1 heterocycles. The maximum atomic E-state index is 5.40. The predicted molar refractivity (Wildman–Crippen MR) is 66.6 cm³/mol. The van der Waals surface area contributed by atoms with Crippen molar-refractivity contribution in [3.05, 3.63) is 22.4 Å². The van der Waals surface area contributed by atoms with Crippen LogP contribution < -0.4 is 5.32 Å². The Morgan fingerprint density at radius 1 is 1.33 bits per heavy atom. The summed E-state index contributed by atoms with van der Waals surface area (Å²) in [4.78, 5) is 1.46. The van der Waals surface area contributed by atoms with Gasteiger partial charge in [0.25, 0.3) is 0 Å². The zero-order valence-corrected chi connectivity index (χ0v) is 10.3. The molecule has 0 saturated heterocycles. The molecular formula is C12H21NOS. The fourth-order valence-electron chi connectivity index (χ4n) is 1.34. The highest BCUT2D eigenvalue weighted by atomic mass is 32.1. The molecule has 0 aliphatic carbocycles. The van der Waals surface area contributed by atoms with Gasteiger partial charge in [0.15, 0.2) is 0 Å². The average molecular weight is 227 g/mol. The number of thiophene rings is 1. The SMILES string of the molecule is CCCOCCCNCCc1cccs1. The Balaban J connectivity index is 1.81. The van der Waals surface area contributed by atoms with Gasteiger partial charge in [0.05, 0.1) is 0 Å². The van der Waals surface area contributed by atoms with E-state index in [0.29, 0.717) is 0 Å². The van der Waals surface area contributed by atoms with Crippen molar-refractivity contribution in [3.63, 3.8) is 0 Å². The van der Waals surface area contributed by atoms with E-state index < -0.39 is 0 Å². The second kappa shape index (κ2) is 8.89. The average Bonchev–Trinajstić information content (AvgIpc) is 2.75. The summed E-state index contributed by atoms with van der Waals surface area (Å²) in [5.74, 6) is 0. The number of nitrogens with one attached hydrogen (secondary N) is 1. The van der Waals surface area contributed by atoms with Gasteiger partial charge in [-0.25, -0.2) is 0 Å². The topological polar surface area (TPSA) is 21.3 Å². The van der Waals surface area contributed by atoms with Gasteiger partial charge in [0.2, 0.25) is 0 Å². The van der Waals surface area contributed by atoms with E-state index >= 15 is 0 Å². The molecule has 3 heteroatoms. The summed E-state index contributed by atoms with van der Waals surface area (Å²) in [5.41, 5.74) is 0. The van der Waals surface area contributed by atoms with Crippen LogP contribution in [-0.4, -0.2) is 26.3 Å². The van der Waals surface area contributed by atoms with Crippen LogP contribution >= 0.6 is 11.3 Å². The quantitative estimate of drug-likeness (QED) is 0.655. The summed E-state index contributed by atoms with van der Waals surface area (Å²) in [7, 11) is 0. The van der Waals surface area contributed by atoms with Gasteiger partial charge in [-0.1, -0.05) is 13.0 Å². The van der Waals surface area contributed by atoms with Crippen LogP contribution in [0.5, 0.6) is 0 Å². The van der Waals surface area contributed by atoms with E-state index in [1.54, 1.807) is 0 Å². The maximum absolute atomic E-state index is 5.40. The van der Waals surface area contributed by atoms with Crippen molar-refractivity contribution in [2.75, 3.05) is 26.3 Å². The standard InChI is InChI=1S/C12H21NOS/c1-2-9-14-10-4-7-13-8-6-12-5-3-11-15-12/h3,5,11,13H,2,4,6-10H2,1H3. The van der Waals surface area contributed by atoms with Crippen molar-refractivity contribution in [1.82, 2.24) is 5.32 Å². The summed E-state index contributed by atoms with van der Waals surface area (Å²) < 4.78 is 5.40. The first-order chi connectivity index (χ1) is 7.43. The third-order valence-electron chi connectivity index (χ3n) is 2.12. The lowest BCUT2D eigenvalue weighted by atomic mass is 10.3. The summed E-state index contributed by atoms with van der Waals surface area (Å²) >= 11 is 1.83. The zero-order chi connectivity index (χ0) is 10.8. The van der Waals surface area contributed by atoms with Gasteiger partial charge in [-0.2, -0.15) is 0 Å². The zero-order valence-electron chi connectivity index (χ0n) is 9.50.